The van der Waals surface area contributed by atoms with Crippen LogP contribution >= 0.6 is 0 Å². The topological polar surface area (TPSA) is 12.4 Å². The van der Waals surface area contributed by atoms with Gasteiger partial charge in [-0.2, -0.15) is 0 Å². The van der Waals surface area contributed by atoms with E-state index in [4.69, 9.17) is 4.99 Å². The van der Waals surface area contributed by atoms with E-state index >= 15 is 0 Å². The quantitative estimate of drug-likeness (QED) is 0.647. The van der Waals surface area contributed by atoms with Crippen LogP contribution in [0.5, 0.6) is 0 Å². The Hall–Kier alpha value is -1.63. The Morgan fingerprint density at radius 1 is 1.22 bits per heavy atom. The van der Waals surface area contributed by atoms with Crippen LogP contribution in [0.15, 0.2) is 52.6 Å². The summed E-state index contributed by atoms with van der Waals surface area (Å²) in [6.45, 7) is 0. The lowest BCUT2D eigenvalue weighted by atomic mass is 9.57. The van der Waals surface area contributed by atoms with Crippen molar-refractivity contribution in [1.29, 1.82) is 0 Å². The molecule has 88 valence electrons. The van der Waals surface area contributed by atoms with Gasteiger partial charge in [-0.25, -0.2) is 0 Å². The molecule has 6 rings (SSSR count). The molecule has 2 bridgehead atoms. The van der Waals surface area contributed by atoms with Crippen molar-refractivity contribution in [2.75, 3.05) is 0 Å². The lowest BCUT2D eigenvalue weighted by molar-refractivity contribution is 0.374. The molecule has 1 nitrogen and oxygen atoms in total. The van der Waals surface area contributed by atoms with Crippen LogP contribution in [0.1, 0.15) is 36.3 Å². The van der Waals surface area contributed by atoms with Crippen LogP contribution in [-0.2, 0) is 5.54 Å². The van der Waals surface area contributed by atoms with E-state index in [9.17, 15) is 0 Å². The van der Waals surface area contributed by atoms with Crippen molar-refractivity contribution >= 4 is 6.21 Å². The normalized spacial score (nSPS) is 38.0. The fourth-order valence-corrected chi connectivity index (χ4v) is 4.59. The van der Waals surface area contributed by atoms with Gasteiger partial charge < -0.3 is 0 Å². The van der Waals surface area contributed by atoms with Crippen molar-refractivity contribution in [2.45, 2.75) is 30.7 Å². The van der Waals surface area contributed by atoms with Crippen LogP contribution in [0.4, 0.5) is 0 Å². The van der Waals surface area contributed by atoms with Crippen molar-refractivity contribution in [1.82, 2.24) is 0 Å². The van der Waals surface area contributed by atoms with Crippen LogP contribution in [0.25, 0.3) is 0 Å². The monoisotopic (exact) mass is 233 g/mol. The van der Waals surface area contributed by atoms with Crippen molar-refractivity contribution in [2.24, 2.45) is 10.9 Å². The summed E-state index contributed by atoms with van der Waals surface area (Å²) in [6, 6.07) is 8.98. The molecule has 0 aromatic heterocycles. The number of allylic oxidation sites excluding steroid dienone is 3. The summed E-state index contributed by atoms with van der Waals surface area (Å²) in [5.74, 6) is 1.22. The third-order valence-corrected chi connectivity index (χ3v) is 5.24. The van der Waals surface area contributed by atoms with Crippen LogP contribution in [0.2, 0.25) is 0 Å². The average Bonchev–Trinajstić information content (AvgIpc) is 2.82. The van der Waals surface area contributed by atoms with Crippen LogP contribution in [-0.4, -0.2) is 6.21 Å². The van der Waals surface area contributed by atoms with Gasteiger partial charge in [0, 0.05) is 18.1 Å². The minimum atomic E-state index is 0.0239. The molecule has 1 heteroatoms. The largest absolute Gasteiger partial charge is 0.281 e. The summed E-state index contributed by atoms with van der Waals surface area (Å²) in [4.78, 5) is 5.01. The van der Waals surface area contributed by atoms with E-state index in [1.54, 1.807) is 11.1 Å². The van der Waals surface area contributed by atoms with Crippen molar-refractivity contribution in [3.05, 3.63) is 58.7 Å². The van der Waals surface area contributed by atoms with Crippen LogP contribution in [0, 0.1) is 5.92 Å². The Balaban J connectivity index is 1.91. The summed E-state index contributed by atoms with van der Waals surface area (Å²) in [7, 11) is 0. The molecular weight excluding hydrogens is 218 g/mol. The van der Waals surface area contributed by atoms with Gasteiger partial charge in [-0.1, -0.05) is 36.4 Å². The highest BCUT2D eigenvalue weighted by molar-refractivity contribution is 5.78. The Kier molecular flexibility index (Phi) is 1.48. The molecule has 0 fully saturated rings. The van der Waals surface area contributed by atoms with E-state index in [1.165, 1.54) is 24.0 Å². The second-order valence-corrected chi connectivity index (χ2v) is 5.93. The molecule has 1 aliphatic heterocycles. The van der Waals surface area contributed by atoms with Gasteiger partial charge in [0.05, 0.1) is 0 Å². The van der Waals surface area contributed by atoms with Gasteiger partial charge in [-0.15, -0.1) is 0 Å². The third kappa shape index (κ3) is 0.838. The lowest BCUT2D eigenvalue weighted by Crippen LogP contribution is -2.39. The molecule has 0 N–H and O–H groups in total. The Morgan fingerprint density at radius 3 is 3.17 bits per heavy atom. The second-order valence-electron chi connectivity index (χ2n) is 5.93. The Morgan fingerprint density at radius 2 is 2.17 bits per heavy atom. The maximum Gasteiger partial charge on any atom is 0.108 e. The number of aliphatic imine (C=N–C) groups is 1. The summed E-state index contributed by atoms with van der Waals surface area (Å²) >= 11 is 0. The summed E-state index contributed by atoms with van der Waals surface area (Å²) in [5, 5.41) is 0. The molecule has 5 aliphatic rings. The number of rotatable bonds is 0. The zero-order valence-electron chi connectivity index (χ0n) is 10.3. The van der Waals surface area contributed by atoms with E-state index in [0.717, 1.165) is 6.42 Å². The predicted molar refractivity (Wildman–Crippen MR) is 72.9 cm³/mol. The molecule has 4 aliphatic carbocycles. The lowest BCUT2D eigenvalue weighted by Gasteiger charge is -2.47. The maximum absolute atomic E-state index is 5.01. The van der Waals surface area contributed by atoms with Crippen molar-refractivity contribution in [3.8, 4) is 0 Å². The Bertz CT molecular complexity index is 649. The zero-order chi connectivity index (χ0) is 11.7. The van der Waals surface area contributed by atoms with Gasteiger partial charge in [0.1, 0.15) is 5.54 Å². The fraction of sp³-hybridized carbons (Fsp3) is 0.353. The van der Waals surface area contributed by atoms with E-state index in [0.29, 0.717) is 11.8 Å². The molecule has 1 spiro atoms. The number of hydrogen-bond acceptors (Lipinski definition) is 1. The molecule has 1 aromatic carbocycles. The molecule has 0 saturated heterocycles. The molecule has 0 radical (unpaired) electrons. The summed E-state index contributed by atoms with van der Waals surface area (Å²) in [6.07, 6.45) is 10.6. The predicted octanol–water partition coefficient (Wildman–Crippen LogP) is 3.73. The average molecular weight is 233 g/mol. The second kappa shape index (κ2) is 2.85. The smallest absolute Gasteiger partial charge is 0.108 e. The van der Waals surface area contributed by atoms with Crippen molar-refractivity contribution in [3.63, 3.8) is 0 Å². The summed E-state index contributed by atoms with van der Waals surface area (Å²) in [5.41, 5.74) is 6.28. The van der Waals surface area contributed by atoms with E-state index in [2.05, 4.69) is 42.6 Å². The van der Waals surface area contributed by atoms with Crippen LogP contribution in [0.3, 0.4) is 0 Å². The molecule has 3 unspecified atom stereocenters. The third-order valence-electron chi connectivity index (χ3n) is 5.24. The molecule has 18 heavy (non-hydrogen) atoms. The highest BCUT2D eigenvalue weighted by Gasteiger charge is 2.53. The van der Waals surface area contributed by atoms with Gasteiger partial charge in [-0.3, -0.25) is 4.99 Å². The number of nitrogens with zero attached hydrogens (tertiary/aromatic N) is 1. The molecule has 1 aromatic rings. The number of fused-ring (bicyclic) bond motifs is 1. The minimum absolute atomic E-state index is 0.0239. The van der Waals surface area contributed by atoms with Gasteiger partial charge in [0.25, 0.3) is 0 Å². The highest BCUT2D eigenvalue weighted by atomic mass is 14.9. The molecule has 1 heterocycles. The van der Waals surface area contributed by atoms with Gasteiger partial charge in [0.2, 0.25) is 0 Å². The first-order valence-corrected chi connectivity index (χ1v) is 6.96. The first-order chi connectivity index (χ1) is 8.90. The minimum Gasteiger partial charge on any atom is -0.281 e. The van der Waals surface area contributed by atoms with Gasteiger partial charge in [-0.05, 0) is 41.5 Å². The fourth-order valence-electron chi connectivity index (χ4n) is 4.59. The molecule has 0 saturated carbocycles. The highest BCUT2D eigenvalue weighted by Crippen LogP contribution is 2.61. The maximum atomic E-state index is 5.01. The number of benzene rings is 1. The number of hydrogen-bond donors (Lipinski definition) is 0. The van der Waals surface area contributed by atoms with E-state index in [1.807, 2.05) is 0 Å². The standard InChI is InChI=1S/C17H15N/c1-2-7-15-13(5-1)12-8-9-17(15)16-11(10-18-17)4-3-6-14(12)16/h1-3,5-7,10-12H,4,8-9H2. The SMILES string of the molecule is C1=CC2=C3C(C=NC34CCC2c2ccccc24)C1. The van der Waals surface area contributed by atoms with Crippen molar-refractivity contribution < 1.29 is 0 Å². The van der Waals surface area contributed by atoms with Gasteiger partial charge in [0.15, 0.2) is 0 Å². The zero-order valence-corrected chi connectivity index (χ0v) is 10.3. The summed E-state index contributed by atoms with van der Waals surface area (Å²) < 4.78 is 0. The molecule has 0 amide bonds. The molecular formula is C17H15N. The Labute approximate surface area is 107 Å². The first-order valence-electron chi connectivity index (χ1n) is 6.96. The first kappa shape index (κ1) is 9.32. The van der Waals surface area contributed by atoms with Crippen LogP contribution < -0.4 is 0 Å². The van der Waals surface area contributed by atoms with E-state index in [-0.39, 0.29) is 5.54 Å². The van der Waals surface area contributed by atoms with E-state index < -0.39 is 0 Å². The van der Waals surface area contributed by atoms with Gasteiger partial charge >= 0.3 is 0 Å². The molecule has 3 atom stereocenters.